The third-order valence-corrected chi connectivity index (χ3v) is 5.82. The van der Waals surface area contributed by atoms with Crippen LogP contribution in [0.15, 0.2) is 48.5 Å². The Balaban J connectivity index is 1.34. The summed E-state index contributed by atoms with van der Waals surface area (Å²) in [5.74, 6) is 0.338. The van der Waals surface area contributed by atoms with E-state index >= 15 is 0 Å². The minimum Gasteiger partial charge on any atom is -0.493 e. The Labute approximate surface area is 187 Å². The fourth-order valence-electron chi connectivity index (χ4n) is 3.85. The molecular weight excluding hydrogens is 412 g/mol. The van der Waals surface area contributed by atoms with Gasteiger partial charge in [0.1, 0.15) is 10.9 Å². The summed E-state index contributed by atoms with van der Waals surface area (Å²) in [6.07, 6.45) is 4.92. The van der Waals surface area contributed by atoms with Crippen LogP contribution in [-0.2, 0) is 0 Å². The third-order valence-electron chi connectivity index (χ3n) is 5.53. The zero-order chi connectivity index (χ0) is 21.6. The highest BCUT2D eigenvalue weighted by Gasteiger charge is 2.15. The summed E-state index contributed by atoms with van der Waals surface area (Å²) in [5.41, 5.74) is 8.14. The number of nitrogen functional groups attached to an aromatic ring is 1. The molecule has 0 saturated carbocycles. The van der Waals surface area contributed by atoms with Crippen molar-refractivity contribution in [3.8, 4) is 5.75 Å². The summed E-state index contributed by atoms with van der Waals surface area (Å²) >= 11 is 6.23. The fourth-order valence-corrected chi connectivity index (χ4v) is 4.08. The molecule has 4 rings (SSSR count). The first-order chi connectivity index (χ1) is 15.1. The van der Waals surface area contributed by atoms with Crippen LogP contribution in [0.4, 0.5) is 11.4 Å². The molecule has 3 N–H and O–H groups in total. The highest BCUT2D eigenvalue weighted by atomic mass is 35.5. The number of carbonyl (C=O) groups is 1. The number of pyridine rings is 1. The number of fused-ring (bicyclic) bond motifs is 1. The van der Waals surface area contributed by atoms with Crippen molar-refractivity contribution in [3.63, 3.8) is 0 Å². The summed E-state index contributed by atoms with van der Waals surface area (Å²) in [6, 6.07) is 14.5. The number of halogens is 1. The average molecular weight is 439 g/mol. The van der Waals surface area contributed by atoms with Gasteiger partial charge in [0, 0.05) is 18.0 Å². The Morgan fingerprint density at radius 1 is 1.13 bits per heavy atom. The molecule has 162 valence electrons. The van der Waals surface area contributed by atoms with Crippen LogP contribution in [-0.4, -0.2) is 42.0 Å². The highest BCUT2D eigenvalue weighted by molar-refractivity contribution is 6.34. The number of anilines is 2. The number of aromatic nitrogens is 1. The van der Waals surface area contributed by atoms with E-state index in [2.05, 4.69) is 15.2 Å². The third kappa shape index (κ3) is 5.46. The van der Waals surface area contributed by atoms with Crippen molar-refractivity contribution in [2.24, 2.45) is 0 Å². The highest BCUT2D eigenvalue weighted by Crippen LogP contribution is 2.27. The van der Waals surface area contributed by atoms with Crippen LogP contribution < -0.4 is 15.8 Å². The number of para-hydroxylation sites is 1. The summed E-state index contributed by atoms with van der Waals surface area (Å²) in [6.45, 7) is 4.08. The number of nitrogens with two attached hydrogens (primary N) is 1. The number of amides is 1. The van der Waals surface area contributed by atoms with E-state index in [-0.39, 0.29) is 11.1 Å². The molecular formula is C24H27ClN4O2. The number of rotatable bonds is 7. The number of benzene rings is 2. The molecule has 1 aromatic heterocycles. The molecule has 6 nitrogen and oxygen atoms in total. The average Bonchev–Trinajstić information content (AvgIpc) is 2.78. The second-order valence-corrected chi connectivity index (χ2v) is 8.18. The van der Waals surface area contributed by atoms with E-state index < -0.39 is 0 Å². The van der Waals surface area contributed by atoms with E-state index in [0.717, 1.165) is 23.9 Å². The van der Waals surface area contributed by atoms with Crippen LogP contribution in [0.25, 0.3) is 10.9 Å². The predicted octanol–water partition coefficient (Wildman–Crippen LogP) is 4.98. The van der Waals surface area contributed by atoms with E-state index in [4.69, 9.17) is 22.1 Å². The molecule has 31 heavy (non-hydrogen) atoms. The Bertz CT molecular complexity index is 1070. The molecule has 0 spiro atoms. The minimum absolute atomic E-state index is 0.156. The molecule has 2 heterocycles. The first-order valence-corrected chi connectivity index (χ1v) is 11.1. The summed E-state index contributed by atoms with van der Waals surface area (Å²) < 4.78 is 5.84. The zero-order valence-electron chi connectivity index (χ0n) is 17.4. The van der Waals surface area contributed by atoms with E-state index in [1.165, 1.54) is 32.4 Å². The maximum absolute atomic E-state index is 12.7. The maximum atomic E-state index is 12.7. The predicted molar refractivity (Wildman–Crippen MR) is 126 cm³/mol. The van der Waals surface area contributed by atoms with Gasteiger partial charge in [-0.3, -0.25) is 4.79 Å². The molecule has 3 aromatic rings. The van der Waals surface area contributed by atoms with Gasteiger partial charge in [-0.15, -0.1) is 0 Å². The van der Waals surface area contributed by atoms with Gasteiger partial charge in [0.25, 0.3) is 5.91 Å². The van der Waals surface area contributed by atoms with Crippen LogP contribution in [0, 0.1) is 0 Å². The Hall–Kier alpha value is -2.83. The largest absolute Gasteiger partial charge is 0.493 e. The first kappa shape index (κ1) is 21.4. The first-order valence-electron chi connectivity index (χ1n) is 10.7. The Morgan fingerprint density at radius 2 is 1.94 bits per heavy atom. The molecule has 1 aliphatic rings. The van der Waals surface area contributed by atoms with Gasteiger partial charge < -0.3 is 20.7 Å². The van der Waals surface area contributed by atoms with Crippen LogP contribution in [0.2, 0.25) is 5.15 Å². The van der Waals surface area contributed by atoms with Crippen molar-refractivity contribution in [2.75, 3.05) is 37.3 Å². The number of hydrogen-bond donors (Lipinski definition) is 2. The van der Waals surface area contributed by atoms with Crippen molar-refractivity contribution in [1.29, 1.82) is 0 Å². The number of likely N-dealkylation sites (tertiary alicyclic amines) is 1. The number of nitrogens with zero attached hydrogens (tertiary/aromatic N) is 2. The molecule has 1 saturated heterocycles. The lowest BCUT2D eigenvalue weighted by Crippen LogP contribution is -2.31. The monoisotopic (exact) mass is 438 g/mol. The van der Waals surface area contributed by atoms with Crippen LogP contribution in [0.5, 0.6) is 5.75 Å². The fraction of sp³-hybridized carbons (Fsp3) is 0.333. The van der Waals surface area contributed by atoms with Crippen molar-refractivity contribution in [3.05, 3.63) is 59.2 Å². The molecule has 0 unspecified atom stereocenters. The van der Waals surface area contributed by atoms with Gasteiger partial charge in [0.15, 0.2) is 0 Å². The van der Waals surface area contributed by atoms with Crippen LogP contribution >= 0.6 is 11.6 Å². The summed E-state index contributed by atoms with van der Waals surface area (Å²) in [5, 5.41) is 3.82. The van der Waals surface area contributed by atoms with E-state index in [1.54, 1.807) is 18.2 Å². The van der Waals surface area contributed by atoms with Gasteiger partial charge in [-0.1, -0.05) is 36.2 Å². The van der Waals surface area contributed by atoms with Gasteiger partial charge in [-0.2, -0.15) is 0 Å². The van der Waals surface area contributed by atoms with Gasteiger partial charge in [0.2, 0.25) is 0 Å². The molecule has 1 aliphatic heterocycles. The Kier molecular flexibility index (Phi) is 6.89. The zero-order valence-corrected chi connectivity index (χ0v) is 18.2. The van der Waals surface area contributed by atoms with Crippen molar-refractivity contribution < 1.29 is 9.53 Å². The second-order valence-electron chi connectivity index (χ2n) is 7.83. The second kappa shape index (κ2) is 9.98. The molecule has 0 bridgehead atoms. The van der Waals surface area contributed by atoms with Gasteiger partial charge in [-0.05, 0) is 56.6 Å². The van der Waals surface area contributed by atoms with Gasteiger partial charge >= 0.3 is 0 Å². The van der Waals surface area contributed by atoms with Crippen molar-refractivity contribution >= 4 is 39.8 Å². The van der Waals surface area contributed by atoms with Crippen molar-refractivity contribution in [2.45, 2.75) is 25.7 Å². The molecule has 7 heteroatoms. The van der Waals surface area contributed by atoms with Crippen LogP contribution in [0.1, 0.15) is 36.0 Å². The molecule has 2 aromatic carbocycles. The SMILES string of the molecule is Nc1cc(OCCCN2CCCCC2)ccc1NC(=O)c1cc2ccccc2nc1Cl. The normalized spacial score (nSPS) is 14.5. The maximum Gasteiger partial charge on any atom is 0.258 e. The number of piperidine rings is 1. The molecule has 0 radical (unpaired) electrons. The standard InChI is InChI=1S/C24H27ClN4O2/c25-23-19(15-17-7-2-3-8-21(17)27-23)24(30)28-22-10-9-18(16-20(22)26)31-14-6-13-29-11-4-1-5-12-29/h2-3,7-10,15-16H,1,4-6,11-14,26H2,(H,28,30). The van der Waals surface area contributed by atoms with E-state index in [9.17, 15) is 4.79 Å². The number of ether oxygens (including phenoxy) is 1. The topological polar surface area (TPSA) is 80.5 Å². The quantitative estimate of drug-likeness (QED) is 0.309. The number of hydrogen-bond acceptors (Lipinski definition) is 5. The molecule has 1 fully saturated rings. The summed E-state index contributed by atoms with van der Waals surface area (Å²) in [7, 11) is 0. The summed E-state index contributed by atoms with van der Waals surface area (Å²) in [4.78, 5) is 19.5. The van der Waals surface area contributed by atoms with Crippen molar-refractivity contribution in [1.82, 2.24) is 9.88 Å². The lowest BCUT2D eigenvalue weighted by molar-refractivity contribution is 0.102. The molecule has 0 atom stereocenters. The Morgan fingerprint density at radius 3 is 2.74 bits per heavy atom. The number of nitrogens with one attached hydrogen (secondary N) is 1. The minimum atomic E-state index is -0.356. The lowest BCUT2D eigenvalue weighted by Gasteiger charge is -2.26. The van der Waals surface area contributed by atoms with Gasteiger partial charge in [-0.25, -0.2) is 4.98 Å². The van der Waals surface area contributed by atoms with Crippen LogP contribution in [0.3, 0.4) is 0 Å². The number of carbonyl (C=O) groups excluding carboxylic acids is 1. The molecule has 1 amide bonds. The molecule has 0 aliphatic carbocycles. The van der Waals surface area contributed by atoms with E-state index in [1.807, 2.05) is 30.3 Å². The smallest absolute Gasteiger partial charge is 0.258 e. The lowest BCUT2D eigenvalue weighted by atomic mass is 10.1. The van der Waals surface area contributed by atoms with E-state index in [0.29, 0.717) is 29.3 Å². The van der Waals surface area contributed by atoms with Gasteiger partial charge in [0.05, 0.1) is 29.1 Å².